The zero-order valence-corrected chi connectivity index (χ0v) is 15.3. The van der Waals surface area contributed by atoms with Gasteiger partial charge in [0.1, 0.15) is 0 Å². The van der Waals surface area contributed by atoms with Crippen molar-refractivity contribution < 1.29 is 14.3 Å². The highest BCUT2D eigenvalue weighted by Gasteiger charge is 2.08. The second-order valence-corrected chi connectivity index (χ2v) is 5.87. The zero-order chi connectivity index (χ0) is 17.5. The number of ether oxygens (including phenoxy) is 2. The number of amides is 1. The molecule has 1 N–H and O–H groups in total. The summed E-state index contributed by atoms with van der Waals surface area (Å²) < 4.78 is 11.4. The average molecular weight is 434 g/mol. The normalized spacial score (nSPS) is 10.2. The van der Waals surface area contributed by atoms with Crippen LogP contribution in [0.2, 0.25) is 0 Å². The van der Waals surface area contributed by atoms with Gasteiger partial charge in [-0.3, -0.25) is 4.79 Å². The summed E-state index contributed by atoms with van der Waals surface area (Å²) in [4.78, 5) is 12.1. The molecule has 1 amide bonds. The van der Waals surface area contributed by atoms with E-state index in [1.165, 1.54) is 6.08 Å². The van der Waals surface area contributed by atoms with Gasteiger partial charge in [0.15, 0.2) is 11.5 Å². The lowest BCUT2D eigenvalue weighted by atomic mass is 10.1. The molecule has 24 heavy (non-hydrogen) atoms. The number of hydrogen-bond donors (Lipinski definition) is 1. The fourth-order valence-corrected chi connectivity index (χ4v) is 2.72. The number of para-hydroxylation sites is 1. The Morgan fingerprint density at radius 3 is 2.67 bits per heavy atom. The van der Waals surface area contributed by atoms with Gasteiger partial charge in [0, 0.05) is 15.2 Å². The van der Waals surface area contributed by atoms with Crippen LogP contribution in [0.1, 0.15) is 11.1 Å². The Bertz CT molecular complexity index is 825. The summed E-state index contributed by atoms with van der Waals surface area (Å²) in [6, 6.07) is 12.6. The predicted molar refractivity (Wildman–Crippen MR) is 101 cm³/mol. The van der Waals surface area contributed by atoms with Crippen LogP contribution in [0.25, 0.3) is 6.08 Å². The summed E-state index contributed by atoms with van der Waals surface area (Å²) in [6.45, 7) is 0. The van der Waals surface area contributed by atoms with Crippen LogP contribution in [-0.2, 0) is 4.79 Å². The van der Waals surface area contributed by atoms with Crippen molar-refractivity contribution in [2.24, 2.45) is 0 Å². The minimum Gasteiger partial charge on any atom is -0.493 e. The number of nitrogens with zero attached hydrogens (tertiary/aromatic N) is 1. The molecule has 6 heteroatoms. The van der Waals surface area contributed by atoms with Gasteiger partial charge in [-0.15, -0.1) is 0 Å². The molecule has 0 bridgehead atoms. The van der Waals surface area contributed by atoms with Gasteiger partial charge < -0.3 is 14.8 Å². The Hall–Kier alpha value is -2.53. The lowest BCUT2D eigenvalue weighted by Gasteiger charge is -2.10. The Morgan fingerprint density at radius 2 is 2.04 bits per heavy atom. The van der Waals surface area contributed by atoms with Crippen LogP contribution in [0, 0.1) is 14.9 Å². The first kappa shape index (κ1) is 17.8. The predicted octanol–water partition coefficient (Wildman–Crippen LogP) is 3.83. The third-order valence-electron chi connectivity index (χ3n) is 3.20. The first-order valence-electron chi connectivity index (χ1n) is 6.98. The first-order valence-corrected chi connectivity index (χ1v) is 8.06. The van der Waals surface area contributed by atoms with Crippen molar-refractivity contribution in [1.29, 1.82) is 5.26 Å². The minimum absolute atomic E-state index is 0.275. The van der Waals surface area contributed by atoms with Gasteiger partial charge >= 0.3 is 0 Å². The maximum Gasteiger partial charge on any atom is 0.248 e. The molecule has 2 rings (SSSR count). The van der Waals surface area contributed by atoms with Gasteiger partial charge in [-0.25, -0.2) is 0 Å². The van der Waals surface area contributed by atoms with Gasteiger partial charge in [-0.1, -0.05) is 12.1 Å². The van der Waals surface area contributed by atoms with E-state index in [2.05, 4.69) is 34.0 Å². The zero-order valence-electron chi connectivity index (χ0n) is 13.2. The molecule has 0 heterocycles. The Kier molecular flexibility index (Phi) is 6.21. The first-order chi connectivity index (χ1) is 11.6. The third-order valence-corrected chi connectivity index (χ3v) is 4.10. The topological polar surface area (TPSA) is 71.3 Å². The average Bonchev–Trinajstić information content (AvgIpc) is 2.61. The van der Waals surface area contributed by atoms with E-state index < -0.39 is 0 Å². The molecule has 0 aliphatic rings. The van der Waals surface area contributed by atoms with Crippen LogP contribution in [0.5, 0.6) is 11.5 Å². The van der Waals surface area contributed by atoms with Gasteiger partial charge in [-0.2, -0.15) is 5.26 Å². The second-order valence-electron chi connectivity index (χ2n) is 4.71. The van der Waals surface area contributed by atoms with Crippen LogP contribution in [-0.4, -0.2) is 20.1 Å². The molecule has 122 valence electrons. The van der Waals surface area contributed by atoms with Crippen LogP contribution < -0.4 is 14.8 Å². The van der Waals surface area contributed by atoms with E-state index in [9.17, 15) is 4.79 Å². The number of nitrogens with one attached hydrogen (secondary N) is 1. The molecule has 0 saturated carbocycles. The number of hydrogen-bond acceptors (Lipinski definition) is 4. The molecule has 0 aromatic heterocycles. The standard InChI is InChI=1S/C18H15IN2O3/c1-23-16-5-3-4-13(18(16)24-2)7-9-17(22)21-15-8-6-12(11-20)10-14(15)19/h3-10H,1-2H3,(H,21,22)/b9-7+. The van der Waals surface area contributed by atoms with Crippen molar-refractivity contribution in [3.05, 3.63) is 57.2 Å². The molecule has 0 radical (unpaired) electrons. The molecule has 5 nitrogen and oxygen atoms in total. The Labute approximate surface area is 154 Å². The summed E-state index contributed by atoms with van der Waals surface area (Å²) in [5.74, 6) is 0.890. The van der Waals surface area contributed by atoms with Gasteiger partial charge in [0.2, 0.25) is 5.91 Å². The molecule has 0 spiro atoms. The number of anilines is 1. The summed E-state index contributed by atoms with van der Waals surface area (Å²) in [6.07, 6.45) is 3.08. The molecule has 0 unspecified atom stereocenters. The van der Waals surface area contributed by atoms with Crippen molar-refractivity contribution in [1.82, 2.24) is 0 Å². The van der Waals surface area contributed by atoms with Crippen molar-refractivity contribution in [2.75, 3.05) is 19.5 Å². The number of rotatable bonds is 5. The number of methoxy groups -OCH3 is 2. The molecular weight excluding hydrogens is 419 g/mol. The molecule has 0 aliphatic heterocycles. The monoisotopic (exact) mass is 434 g/mol. The SMILES string of the molecule is COc1cccc(/C=C/C(=O)Nc2ccc(C#N)cc2I)c1OC. The lowest BCUT2D eigenvalue weighted by Crippen LogP contribution is -2.09. The number of carbonyl (C=O) groups excluding carboxylic acids is 1. The van der Waals surface area contributed by atoms with Crippen molar-refractivity contribution in [2.45, 2.75) is 0 Å². The quantitative estimate of drug-likeness (QED) is 0.574. The van der Waals surface area contributed by atoms with Gasteiger partial charge in [-0.05, 0) is 52.9 Å². The Morgan fingerprint density at radius 1 is 1.25 bits per heavy atom. The van der Waals surface area contributed by atoms with E-state index in [-0.39, 0.29) is 5.91 Å². The van der Waals surface area contributed by atoms with Crippen LogP contribution in [0.3, 0.4) is 0 Å². The van der Waals surface area contributed by atoms with E-state index in [4.69, 9.17) is 14.7 Å². The van der Waals surface area contributed by atoms with E-state index in [0.29, 0.717) is 22.7 Å². The van der Waals surface area contributed by atoms with Crippen molar-refractivity contribution >= 4 is 40.3 Å². The fraction of sp³-hybridized carbons (Fsp3) is 0.111. The summed E-state index contributed by atoms with van der Waals surface area (Å²) >= 11 is 2.08. The number of nitriles is 1. The van der Waals surface area contributed by atoms with Crippen molar-refractivity contribution in [3.63, 3.8) is 0 Å². The fourth-order valence-electron chi connectivity index (χ4n) is 2.07. The van der Waals surface area contributed by atoms with Crippen LogP contribution in [0.4, 0.5) is 5.69 Å². The van der Waals surface area contributed by atoms with Crippen LogP contribution >= 0.6 is 22.6 Å². The van der Waals surface area contributed by atoms with Gasteiger partial charge in [0.25, 0.3) is 0 Å². The molecule has 2 aromatic rings. The smallest absolute Gasteiger partial charge is 0.248 e. The van der Waals surface area contributed by atoms with E-state index >= 15 is 0 Å². The number of benzene rings is 2. The van der Waals surface area contributed by atoms with Crippen molar-refractivity contribution in [3.8, 4) is 17.6 Å². The molecule has 0 aliphatic carbocycles. The number of carbonyl (C=O) groups is 1. The largest absolute Gasteiger partial charge is 0.493 e. The molecule has 0 atom stereocenters. The number of halogens is 1. The highest BCUT2D eigenvalue weighted by atomic mass is 127. The van der Waals surface area contributed by atoms with Crippen LogP contribution in [0.15, 0.2) is 42.5 Å². The summed E-state index contributed by atoms with van der Waals surface area (Å²) in [5.41, 5.74) is 1.94. The summed E-state index contributed by atoms with van der Waals surface area (Å²) in [7, 11) is 3.11. The third kappa shape index (κ3) is 4.26. The Balaban J connectivity index is 2.16. The second kappa shape index (κ2) is 8.36. The minimum atomic E-state index is -0.275. The van der Waals surface area contributed by atoms with E-state index in [1.807, 2.05) is 12.1 Å². The van der Waals surface area contributed by atoms with Gasteiger partial charge in [0.05, 0.1) is 31.5 Å². The molecule has 0 fully saturated rings. The molecule has 2 aromatic carbocycles. The molecular formula is C18H15IN2O3. The molecule has 0 saturated heterocycles. The van der Waals surface area contributed by atoms with E-state index in [1.54, 1.807) is 44.6 Å². The summed E-state index contributed by atoms with van der Waals surface area (Å²) in [5, 5.41) is 11.6. The maximum atomic E-state index is 12.1. The highest BCUT2D eigenvalue weighted by Crippen LogP contribution is 2.31. The lowest BCUT2D eigenvalue weighted by molar-refractivity contribution is -0.111. The maximum absolute atomic E-state index is 12.1. The van der Waals surface area contributed by atoms with E-state index in [0.717, 1.165) is 9.13 Å². The highest BCUT2D eigenvalue weighted by molar-refractivity contribution is 14.1.